The number of benzene rings is 3. The van der Waals surface area contributed by atoms with Crippen molar-refractivity contribution >= 4 is 58.4 Å². The van der Waals surface area contributed by atoms with Crippen molar-refractivity contribution in [3.8, 4) is 17.2 Å². The Balaban J connectivity index is 1.65. The third-order valence-electron chi connectivity index (χ3n) is 4.35. The first kappa shape index (κ1) is 25.3. The standard InChI is InChI=1S/C24H21Cl2N3O4S/c1-3-32-22-12-15(14-27-29-24(34)28-17-6-8-18(31-2)9-7-17)4-11-21(22)33-23(30)19-10-5-16(25)13-20(19)26/h4-14H,3H2,1-2H3,(H2,28,29,34)/b27-14+. The number of nitrogens with zero attached hydrogens (tertiary/aromatic N) is 1. The van der Waals surface area contributed by atoms with Crippen LogP contribution in [0.3, 0.4) is 0 Å². The number of nitrogens with one attached hydrogen (secondary N) is 2. The van der Waals surface area contributed by atoms with Gasteiger partial charge in [-0.05, 0) is 85.4 Å². The highest BCUT2D eigenvalue weighted by atomic mass is 35.5. The van der Waals surface area contributed by atoms with Crippen LogP contribution >= 0.6 is 35.4 Å². The number of rotatable bonds is 8. The van der Waals surface area contributed by atoms with Crippen LogP contribution in [0, 0.1) is 0 Å². The van der Waals surface area contributed by atoms with Crippen LogP contribution in [0.2, 0.25) is 10.0 Å². The SMILES string of the molecule is CCOc1cc(/C=N/NC(=S)Nc2ccc(OC)cc2)ccc1OC(=O)c1ccc(Cl)cc1Cl. The molecule has 10 heteroatoms. The first-order valence-electron chi connectivity index (χ1n) is 10.1. The summed E-state index contributed by atoms with van der Waals surface area (Å²) in [6.07, 6.45) is 1.56. The molecule has 0 spiro atoms. The molecular weight excluding hydrogens is 497 g/mol. The number of halogens is 2. The smallest absolute Gasteiger partial charge is 0.345 e. The van der Waals surface area contributed by atoms with Crippen molar-refractivity contribution in [2.75, 3.05) is 19.0 Å². The Hall–Kier alpha value is -3.33. The van der Waals surface area contributed by atoms with Crippen molar-refractivity contribution in [3.63, 3.8) is 0 Å². The molecule has 2 N–H and O–H groups in total. The van der Waals surface area contributed by atoms with E-state index in [1.54, 1.807) is 37.6 Å². The van der Waals surface area contributed by atoms with Crippen molar-refractivity contribution in [1.29, 1.82) is 0 Å². The summed E-state index contributed by atoms with van der Waals surface area (Å²) in [5.41, 5.74) is 4.43. The summed E-state index contributed by atoms with van der Waals surface area (Å²) >= 11 is 17.2. The number of anilines is 1. The van der Waals surface area contributed by atoms with Gasteiger partial charge in [-0.1, -0.05) is 23.2 Å². The van der Waals surface area contributed by atoms with Crippen LogP contribution in [0.25, 0.3) is 0 Å². The van der Waals surface area contributed by atoms with E-state index in [2.05, 4.69) is 15.8 Å². The number of carbonyl (C=O) groups excluding carboxylic acids is 1. The molecule has 3 rings (SSSR count). The predicted molar refractivity (Wildman–Crippen MR) is 139 cm³/mol. The molecule has 0 bridgehead atoms. The van der Waals surface area contributed by atoms with Crippen molar-refractivity contribution in [2.24, 2.45) is 5.10 Å². The zero-order chi connectivity index (χ0) is 24.5. The minimum absolute atomic E-state index is 0.196. The highest BCUT2D eigenvalue weighted by molar-refractivity contribution is 7.80. The van der Waals surface area contributed by atoms with Gasteiger partial charge in [0.05, 0.1) is 30.5 Å². The van der Waals surface area contributed by atoms with Crippen molar-refractivity contribution < 1.29 is 19.0 Å². The van der Waals surface area contributed by atoms with Gasteiger partial charge in [-0.25, -0.2) is 4.79 Å². The van der Waals surface area contributed by atoms with E-state index >= 15 is 0 Å². The summed E-state index contributed by atoms with van der Waals surface area (Å²) in [6.45, 7) is 2.20. The third-order valence-corrected chi connectivity index (χ3v) is 5.09. The average molecular weight is 518 g/mol. The van der Waals surface area contributed by atoms with Crippen LogP contribution in [0.15, 0.2) is 65.8 Å². The third kappa shape index (κ3) is 7.08. The lowest BCUT2D eigenvalue weighted by atomic mass is 10.2. The van der Waals surface area contributed by atoms with Gasteiger partial charge in [0.1, 0.15) is 5.75 Å². The fourth-order valence-electron chi connectivity index (χ4n) is 2.77. The molecule has 3 aromatic carbocycles. The fourth-order valence-corrected chi connectivity index (χ4v) is 3.42. The lowest BCUT2D eigenvalue weighted by molar-refractivity contribution is 0.0728. The number of thiocarbonyl (C=S) groups is 1. The maximum absolute atomic E-state index is 12.6. The minimum atomic E-state index is -0.624. The average Bonchev–Trinajstić information content (AvgIpc) is 2.81. The van der Waals surface area contributed by atoms with Gasteiger partial charge in [0.2, 0.25) is 0 Å². The van der Waals surface area contributed by atoms with E-state index in [4.69, 9.17) is 49.6 Å². The Morgan fingerprint density at radius 3 is 2.50 bits per heavy atom. The number of esters is 1. The molecule has 0 aromatic heterocycles. The topological polar surface area (TPSA) is 81.2 Å². The molecule has 0 aliphatic heterocycles. The van der Waals surface area contributed by atoms with Gasteiger partial charge in [-0.3, -0.25) is 5.43 Å². The zero-order valence-corrected chi connectivity index (χ0v) is 20.6. The monoisotopic (exact) mass is 517 g/mol. The summed E-state index contributed by atoms with van der Waals surface area (Å²) in [6, 6.07) is 16.9. The molecule has 0 unspecified atom stereocenters. The molecule has 0 aliphatic rings. The van der Waals surface area contributed by atoms with Crippen LogP contribution < -0.4 is 25.0 Å². The first-order valence-corrected chi connectivity index (χ1v) is 11.2. The highest BCUT2D eigenvalue weighted by Crippen LogP contribution is 2.30. The molecule has 0 heterocycles. The van der Waals surface area contributed by atoms with Gasteiger partial charge < -0.3 is 19.5 Å². The molecule has 7 nitrogen and oxygen atoms in total. The summed E-state index contributed by atoms with van der Waals surface area (Å²) < 4.78 is 16.2. The van der Waals surface area contributed by atoms with Gasteiger partial charge in [0.25, 0.3) is 0 Å². The van der Waals surface area contributed by atoms with E-state index in [9.17, 15) is 4.79 Å². The molecule has 176 valence electrons. The summed E-state index contributed by atoms with van der Waals surface area (Å²) in [7, 11) is 1.60. The van der Waals surface area contributed by atoms with E-state index in [0.29, 0.717) is 28.1 Å². The molecule has 34 heavy (non-hydrogen) atoms. The predicted octanol–water partition coefficient (Wildman–Crippen LogP) is 5.94. The van der Waals surface area contributed by atoms with Crippen molar-refractivity contribution in [2.45, 2.75) is 6.92 Å². The van der Waals surface area contributed by atoms with Crippen LogP contribution in [0.5, 0.6) is 17.2 Å². The zero-order valence-electron chi connectivity index (χ0n) is 18.3. The Bertz CT molecular complexity index is 1200. The second kappa shape index (κ2) is 12.2. The number of hydrogen-bond acceptors (Lipinski definition) is 6. The van der Waals surface area contributed by atoms with E-state index in [1.165, 1.54) is 12.1 Å². The van der Waals surface area contributed by atoms with Crippen LogP contribution in [-0.2, 0) is 0 Å². The molecule has 0 aliphatic carbocycles. The van der Waals surface area contributed by atoms with Crippen molar-refractivity contribution in [1.82, 2.24) is 5.43 Å². The van der Waals surface area contributed by atoms with Crippen LogP contribution in [0.4, 0.5) is 5.69 Å². The maximum Gasteiger partial charge on any atom is 0.345 e. The number of ether oxygens (including phenoxy) is 3. The largest absolute Gasteiger partial charge is 0.497 e. The maximum atomic E-state index is 12.6. The lowest BCUT2D eigenvalue weighted by Crippen LogP contribution is -2.23. The molecule has 0 saturated heterocycles. The number of methoxy groups -OCH3 is 1. The van der Waals surface area contributed by atoms with E-state index in [0.717, 1.165) is 11.4 Å². The quantitative estimate of drug-likeness (QED) is 0.126. The van der Waals surface area contributed by atoms with Gasteiger partial charge in [0, 0.05) is 10.7 Å². The number of hydrogen-bond donors (Lipinski definition) is 2. The number of hydrazone groups is 1. The fraction of sp³-hybridized carbons (Fsp3) is 0.125. The molecule has 0 radical (unpaired) electrons. The van der Waals surface area contributed by atoms with E-state index in [1.807, 2.05) is 31.2 Å². The molecule has 3 aromatic rings. The second-order valence-electron chi connectivity index (χ2n) is 6.71. The second-order valence-corrected chi connectivity index (χ2v) is 7.96. The molecule has 0 atom stereocenters. The Morgan fingerprint density at radius 2 is 1.82 bits per heavy atom. The van der Waals surface area contributed by atoms with Gasteiger partial charge >= 0.3 is 5.97 Å². The van der Waals surface area contributed by atoms with Gasteiger partial charge in [-0.15, -0.1) is 0 Å². The summed E-state index contributed by atoms with van der Waals surface area (Å²) in [5, 5.41) is 8.09. The molecular formula is C24H21Cl2N3O4S. The minimum Gasteiger partial charge on any atom is -0.497 e. The molecule has 0 amide bonds. The Kier molecular flexibility index (Phi) is 9.09. The number of carbonyl (C=O) groups is 1. The normalized spacial score (nSPS) is 10.6. The summed E-state index contributed by atoms with van der Waals surface area (Å²) in [4.78, 5) is 12.6. The van der Waals surface area contributed by atoms with E-state index < -0.39 is 5.97 Å². The lowest BCUT2D eigenvalue weighted by Gasteiger charge is -2.12. The van der Waals surface area contributed by atoms with Crippen LogP contribution in [-0.4, -0.2) is 31.0 Å². The molecule has 0 fully saturated rings. The first-order chi connectivity index (χ1) is 16.4. The molecule has 0 saturated carbocycles. The Labute approximate surface area is 212 Å². The van der Waals surface area contributed by atoms with Gasteiger partial charge in [-0.2, -0.15) is 5.10 Å². The van der Waals surface area contributed by atoms with E-state index in [-0.39, 0.29) is 16.3 Å². The van der Waals surface area contributed by atoms with Gasteiger partial charge in [0.15, 0.2) is 16.6 Å². The Morgan fingerprint density at radius 1 is 1.06 bits per heavy atom. The summed E-state index contributed by atoms with van der Waals surface area (Å²) in [5.74, 6) is 0.752. The van der Waals surface area contributed by atoms with Crippen LogP contribution in [0.1, 0.15) is 22.8 Å². The van der Waals surface area contributed by atoms with Crippen molar-refractivity contribution in [3.05, 3.63) is 81.8 Å². The highest BCUT2D eigenvalue weighted by Gasteiger charge is 2.16.